The van der Waals surface area contributed by atoms with E-state index in [1.807, 2.05) is 38.1 Å². The number of hydrogen-bond acceptors (Lipinski definition) is 1. The van der Waals surface area contributed by atoms with Gasteiger partial charge in [-0.3, -0.25) is 0 Å². The van der Waals surface area contributed by atoms with Gasteiger partial charge in [-0.1, -0.05) is 50.2 Å². The molecule has 114 valence electrons. The van der Waals surface area contributed by atoms with Crippen LogP contribution in [0.5, 0.6) is 0 Å². The van der Waals surface area contributed by atoms with Crippen LogP contribution in [0.1, 0.15) is 31.0 Å². The minimum absolute atomic E-state index is 0.200. The van der Waals surface area contributed by atoms with Crippen molar-refractivity contribution in [3.63, 3.8) is 0 Å². The number of carboxylic acid groups (broad SMARTS) is 1. The molecular formula is C18H18FNO2. The van der Waals surface area contributed by atoms with Crippen molar-refractivity contribution >= 4 is 6.09 Å². The Kier molecular flexibility index (Phi) is 3.39. The Morgan fingerprint density at radius 1 is 1.27 bits per heavy atom. The Labute approximate surface area is 128 Å². The van der Waals surface area contributed by atoms with Gasteiger partial charge in [0.25, 0.3) is 0 Å². The second-order valence-electron chi connectivity index (χ2n) is 6.44. The number of rotatable bonds is 2. The Morgan fingerprint density at radius 2 is 2.00 bits per heavy atom. The molecule has 0 saturated carbocycles. The van der Waals surface area contributed by atoms with Crippen LogP contribution in [-0.2, 0) is 6.42 Å². The molecule has 0 aromatic heterocycles. The maximum absolute atomic E-state index is 13.9. The Balaban J connectivity index is 2.03. The molecule has 2 aromatic rings. The van der Waals surface area contributed by atoms with E-state index < -0.39 is 6.09 Å². The van der Waals surface area contributed by atoms with E-state index in [1.165, 1.54) is 6.07 Å². The molecule has 0 bridgehead atoms. The predicted molar refractivity (Wildman–Crippen MR) is 83.2 cm³/mol. The van der Waals surface area contributed by atoms with Crippen molar-refractivity contribution in [2.45, 2.75) is 26.3 Å². The molecule has 0 spiro atoms. The van der Waals surface area contributed by atoms with Gasteiger partial charge < -0.3 is 10.4 Å². The molecule has 3 nitrogen and oxygen atoms in total. The maximum Gasteiger partial charge on any atom is 0.405 e. The molecule has 1 atom stereocenters. The molecule has 0 saturated heterocycles. The summed E-state index contributed by atoms with van der Waals surface area (Å²) >= 11 is 0. The highest BCUT2D eigenvalue weighted by atomic mass is 19.1. The summed E-state index contributed by atoms with van der Waals surface area (Å²) in [6, 6.07) is 12.2. The van der Waals surface area contributed by atoms with Gasteiger partial charge in [0.15, 0.2) is 0 Å². The van der Waals surface area contributed by atoms with Crippen molar-refractivity contribution in [2.75, 3.05) is 0 Å². The molecule has 0 heterocycles. The van der Waals surface area contributed by atoms with Crippen molar-refractivity contribution in [1.82, 2.24) is 5.32 Å². The van der Waals surface area contributed by atoms with Crippen LogP contribution in [0.15, 0.2) is 42.5 Å². The highest BCUT2D eigenvalue weighted by Gasteiger charge is 2.40. The van der Waals surface area contributed by atoms with Crippen LogP contribution in [0, 0.1) is 11.2 Å². The van der Waals surface area contributed by atoms with Crippen LogP contribution in [0.4, 0.5) is 9.18 Å². The van der Waals surface area contributed by atoms with Gasteiger partial charge in [0.1, 0.15) is 5.82 Å². The van der Waals surface area contributed by atoms with E-state index in [-0.39, 0.29) is 17.3 Å². The lowest BCUT2D eigenvalue weighted by Crippen LogP contribution is -2.34. The topological polar surface area (TPSA) is 49.3 Å². The first kappa shape index (κ1) is 14.6. The molecule has 0 fully saturated rings. The number of halogens is 1. The number of amides is 1. The van der Waals surface area contributed by atoms with Crippen LogP contribution in [0.3, 0.4) is 0 Å². The largest absolute Gasteiger partial charge is 0.465 e. The molecular weight excluding hydrogens is 281 g/mol. The lowest BCUT2D eigenvalue weighted by atomic mass is 9.85. The average Bonchev–Trinajstić information content (AvgIpc) is 2.69. The van der Waals surface area contributed by atoms with E-state index in [0.29, 0.717) is 5.56 Å². The first-order chi connectivity index (χ1) is 10.4. The zero-order chi connectivity index (χ0) is 15.9. The number of fused-ring (bicyclic) bond motifs is 1. The number of benzene rings is 2. The Bertz CT molecular complexity index is 740. The molecule has 1 unspecified atom stereocenters. The maximum atomic E-state index is 13.9. The molecule has 1 amide bonds. The molecule has 3 rings (SSSR count). The summed E-state index contributed by atoms with van der Waals surface area (Å²) in [5.41, 5.74) is 3.24. The van der Waals surface area contributed by atoms with E-state index in [2.05, 4.69) is 5.32 Å². The van der Waals surface area contributed by atoms with Crippen molar-refractivity contribution in [3.05, 3.63) is 59.4 Å². The van der Waals surface area contributed by atoms with E-state index in [4.69, 9.17) is 5.11 Å². The summed E-state index contributed by atoms with van der Waals surface area (Å²) in [6.45, 7) is 4.08. The minimum atomic E-state index is -1.02. The molecule has 1 aliphatic rings. The molecule has 4 heteroatoms. The van der Waals surface area contributed by atoms with Gasteiger partial charge >= 0.3 is 6.09 Å². The van der Waals surface area contributed by atoms with Gasteiger partial charge in [-0.25, -0.2) is 9.18 Å². The zero-order valence-corrected chi connectivity index (χ0v) is 12.6. The third-order valence-corrected chi connectivity index (χ3v) is 4.33. The second-order valence-corrected chi connectivity index (χ2v) is 6.44. The standard InChI is InChI=1S/C18H18FNO2/c1-18(2)10-12-9-11(13-5-3-4-6-15(13)19)7-8-14(12)16(18)20-17(21)22/h3-9,16,20H,10H2,1-2H3,(H,21,22). The van der Waals surface area contributed by atoms with Crippen molar-refractivity contribution in [2.24, 2.45) is 5.41 Å². The summed E-state index contributed by atoms with van der Waals surface area (Å²) in [6.07, 6.45) is -0.264. The summed E-state index contributed by atoms with van der Waals surface area (Å²) in [5.74, 6) is -0.250. The third-order valence-electron chi connectivity index (χ3n) is 4.33. The molecule has 2 aromatic carbocycles. The van der Waals surface area contributed by atoms with Gasteiger partial charge in [-0.05, 0) is 34.6 Å². The van der Waals surface area contributed by atoms with Crippen LogP contribution in [-0.4, -0.2) is 11.2 Å². The highest BCUT2D eigenvalue weighted by Crippen LogP contribution is 2.46. The Morgan fingerprint density at radius 3 is 2.68 bits per heavy atom. The fraction of sp³-hybridized carbons (Fsp3) is 0.278. The lowest BCUT2D eigenvalue weighted by molar-refractivity contribution is 0.175. The van der Waals surface area contributed by atoms with Crippen LogP contribution >= 0.6 is 0 Å². The fourth-order valence-corrected chi connectivity index (χ4v) is 3.31. The van der Waals surface area contributed by atoms with E-state index >= 15 is 0 Å². The summed E-state index contributed by atoms with van der Waals surface area (Å²) in [4.78, 5) is 11.0. The van der Waals surface area contributed by atoms with Crippen LogP contribution in [0.2, 0.25) is 0 Å². The molecule has 0 radical (unpaired) electrons. The first-order valence-corrected chi connectivity index (χ1v) is 7.26. The van der Waals surface area contributed by atoms with Crippen molar-refractivity contribution in [1.29, 1.82) is 0 Å². The van der Waals surface area contributed by atoms with Crippen molar-refractivity contribution in [3.8, 4) is 11.1 Å². The van der Waals surface area contributed by atoms with Gasteiger partial charge in [0.05, 0.1) is 6.04 Å². The van der Waals surface area contributed by atoms with E-state index in [1.54, 1.807) is 12.1 Å². The van der Waals surface area contributed by atoms with Gasteiger partial charge in [0.2, 0.25) is 0 Å². The molecule has 22 heavy (non-hydrogen) atoms. The molecule has 2 N–H and O–H groups in total. The SMILES string of the molecule is CC1(C)Cc2cc(-c3ccccc3F)ccc2C1NC(=O)O. The Hall–Kier alpha value is -2.36. The van der Waals surface area contributed by atoms with E-state index in [0.717, 1.165) is 23.1 Å². The summed E-state index contributed by atoms with van der Waals surface area (Å²) in [5, 5.41) is 11.6. The van der Waals surface area contributed by atoms with Crippen molar-refractivity contribution < 1.29 is 14.3 Å². The highest BCUT2D eigenvalue weighted by molar-refractivity contribution is 5.68. The first-order valence-electron chi connectivity index (χ1n) is 7.26. The average molecular weight is 299 g/mol. The molecule has 1 aliphatic carbocycles. The van der Waals surface area contributed by atoms with Crippen LogP contribution in [0.25, 0.3) is 11.1 Å². The summed E-state index contributed by atoms with van der Waals surface area (Å²) < 4.78 is 13.9. The fourth-order valence-electron chi connectivity index (χ4n) is 3.31. The summed E-state index contributed by atoms with van der Waals surface area (Å²) in [7, 11) is 0. The zero-order valence-electron chi connectivity index (χ0n) is 12.6. The number of carbonyl (C=O) groups is 1. The number of nitrogens with one attached hydrogen (secondary N) is 1. The normalized spacial score (nSPS) is 18.8. The van der Waals surface area contributed by atoms with Crippen LogP contribution < -0.4 is 5.32 Å². The monoisotopic (exact) mass is 299 g/mol. The quantitative estimate of drug-likeness (QED) is 0.864. The third kappa shape index (κ3) is 2.45. The van der Waals surface area contributed by atoms with Gasteiger partial charge in [0, 0.05) is 5.56 Å². The predicted octanol–water partition coefficient (Wildman–Crippen LogP) is 4.38. The minimum Gasteiger partial charge on any atom is -0.465 e. The lowest BCUT2D eigenvalue weighted by Gasteiger charge is -2.27. The second kappa shape index (κ2) is 5.13. The molecule has 0 aliphatic heterocycles. The smallest absolute Gasteiger partial charge is 0.405 e. The van der Waals surface area contributed by atoms with E-state index in [9.17, 15) is 9.18 Å². The van der Waals surface area contributed by atoms with Gasteiger partial charge in [-0.2, -0.15) is 0 Å². The number of hydrogen-bond donors (Lipinski definition) is 2. The van der Waals surface area contributed by atoms with Gasteiger partial charge in [-0.15, -0.1) is 0 Å².